The molecule has 5 heteroatoms. The van der Waals surface area contributed by atoms with E-state index in [9.17, 15) is 4.79 Å². The fourth-order valence-corrected chi connectivity index (χ4v) is 4.58. The Kier molecular flexibility index (Phi) is 13.7. The summed E-state index contributed by atoms with van der Waals surface area (Å²) in [6.07, 6.45) is 15.5. The third kappa shape index (κ3) is 10.8. The molecule has 0 unspecified atom stereocenters. The van der Waals surface area contributed by atoms with Crippen molar-refractivity contribution in [3.63, 3.8) is 0 Å². The van der Waals surface area contributed by atoms with Crippen LogP contribution < -0.4 is 9.47 Å². The first kappa shape index (κ1) is 29.7. The molecule has 0 aromatic heterocycles. The van der Waals surface area contributed by atoms with Crippen molar-refractivity contribution in [1.29, 1.82) is 0 Å². The zero-order valence-electron chi connectivity index (χ0n) is 22.7. The molecule has 206 valence electrons. The molecule has 0 heterocycles. The maximum atomic E-state index is 13.4. The van der Waals surface area contributed by atoms with Gasteiger partial charge in [-0.25, -0.2) is 0 Å². The first-order valence-electron chi connectivity index (χ1n) is 14.3. The summed E-state index contributed by atoms with van der Waals surface area (Å²) < 4.78 is 11.7. The number of unbranched alkanes of at least 4 members (excludes halogenated alkanes) is 6. The molecule has 0 radical (unpaired) electrons. The summed E-state index contributed by atoms with van der Waals surface area (Å²) in [7, 11) is 0. The zero-order valence-corrected chi connectivity index (χ0v) is 22.7. The van der Waals surface area contributed by atoms with Gasteiger partial charge in [-0.05, 0) is 112 Å². The van der Waals surface area contributed by atoms with E-state index in [1.54, 1.807) is 0 Å². The topological polar surface area (TPSA) is 76.0 Å². The SMILES string of the molecule is O=C1/C(=C\c2ccc(OCCCCCCO)cc2)CCCC/C1=C/c1ccc(OCCCCCCO)cc1. The lowest BCUT2D eigenvalue weighted by Gasteiger charge is -2.08. The standard InChI is InChI=1S/C33H44O5/c34-21-7-1-3-9-23-37-31-17-13-27(14-18-31)25-29-11-5-6-12-30(33(29)36)26-28-15-19-32(20-16-28)38-24-10-4-2-8-22-35/h13-20,25-26,34-35H,1-12,21-24H2/b29-25-,30-26-. The lowest BCUT2D eigenvalue weighted by Crippen LogP contribution is -2.04. The minimum atomic E-state index is 0.147. The second-order valence-corrected chi connectivity index (χ2v) is 9.99. The number of carbonyl (C=O) groups excluding carboxylic acids is 1. The van der Waals surface area contributed by atoms with E-state index in [1.165, 1.54) is 0 Å². The molecule has 0 saturated heterocycles. The summed E-state index contributed by atoms with van der Waals surface area (Å²) in [6.45, 7) is 1.87. The van der Waals surface area contributed by atoms with E-state index < -0.39 is 0 Å². The number of benzene rings is 2. The molecule has 0 aliphatic heterocycles. The van der Waals surface area contributed by atoms with Crippen LogP contribution in [-0.4, -0.2) is 42.4 Å². The van der Waals surface area contributed by atoms with E-state index in [4.69, 9.17) is 19.7 Å². The molecular weight excluding hydrogens is 476 g/mol. The van der Waals surface area contributed by atoms with Gasteiger partial charge in [-0.15, -0.1) is 0 Å². The van der Waals surface area contributed by atoms with Gasteiger partial charge in [0.15, 0.2) is 5.78 Å². The molecule has 3 rings (SSSR count). The lowest BCUT2D eigenvalue weighted by molar-refractivity contribution is -0.112. The van der Waals surface area contributed by atoms with Crippen LogP contribution in [0.2, 0.25) is 0 Å². The van der Waals surface area contributed by atoms with Crippen LogP contribution in [0, 0.1) is 0 Å². The van der Waals surface area contributed by atoms with Gasteiger partial charge in [0.1, 0.15) is 11.5 Å². The number of carbonyl (C=O) groups is 1. The Morgan fingerprint density at radius 3 is 1.37 bits per heavy atom. The van der Waals surface area contributed by atoms with Gasteiger partial charge in [-0.3, -0.25) is 4.79 Å². The first-order chi connectivity index (χ1) is 18.7. The molecule has 2 aromatic carbocycles. The van der Waals surface area contributed by atoms with Crippen LogP contribution in [0.15, 0.2) is 59.7 Å². The fourth-order valence-electron chi connectivity index (χ4n) is 4.58. The summed E-state index contributed by atoms with van der Waals surface area (Å²) in [5.41, 5.74) is 3.77. The highest BCUT2D eigenvalue weighted by molar-refractivity contribution is 6.13. The van der Waals surface area contributed by atoms with Crippen LogP contribution in [0.5, 0.6) is 11.5 Å². The normalized spacial score (nSPS) is 16.1. The van der Waals surface area contributed by atoms with Crippen LogP contribution in [0.1, 0.15) is 88.2 Å². The number of aliphatic hydroxyl groups is 2. The largest absolute Gasteiger partial charge is 0.494 e. The van der Waals surface area contributed by atoms with Gasteiger partial charge in [-0.1, -0.05) is 37.1 Å². The Balaban J connectivity index is 1.54. The maximum absolute atomic E-state index is 13.4. The van der Waals surface area contributed by atoms with E-state index >= 15 is 0 Å². The van der Waals surface area contributed by atoms with E-state index in [0.29, 0.717) is 13.2 Å². The highest BCUT2D eigenvalue weighted by Crippen LogP contribution is 2.28. The smallest absolute Gasteiger partial charge is 0.185 e. The average molecular weight is 521 g/mol. The highest BCUT2D eigenvalue weighted by atomic mass is 16.5. The zero-order chi connectivity index (χ0) is 26.8. The number of hydrogen-bond donors (Lipinski definition) is 2. The van der Waals surface area contributed by atoms with Crippen molar-refractivity contribution in [2.75, 3.05) is 26.4 Å². The van der Waals surface area contributed by atoms with Crippen molar-refractivity contribution < 1.29 is 24.5 Å². The Bertz CT molecular complexity index is 923. The molecule has 1 fully saturated rings. The quantitative estimate of drug-likeness (QED) is 0.140. The molecule has 0 amide bonds. The predicted molar refractivity (Wildman–Crippen MR) is 154 cm³/mol. The fraction of sp³-hybridized carbons (Fsp3) is 0.485. The number of rotatable bonds is 16. The van der Waals surface area contributed by atoms with E-state index in [2.05, 4.69) is 0 Å². The average Bonchev–Trinajstić information content (AvgIpc) is 3.11. The van der Waals surface area contributed by atoms with E-state index in [-0.39, 0.29) is 19.0 Å². The third-order valence-electron chi connectivity index (χ3n) is 6.81. The van der Waals surface area contributed by atoms with Gasteiger partial charge in [0.25, 0.3) is 0 Å². The summed E-state index contributed by atoms with van der Waals surface area (Å²) in [4.78, 5) is 13.4. The molecule has 0 bridgehead atoms. The molecule has 2 aromatic rings. The van der Waals surface area contributed by atoms with Gasteiger partial charge in [0, 0.05) is 24.4 Å². The number of aliphatic hydroxyl groups excluding tert-OH is 2. The number of ketones is 1. The van der Waals surface area contributed by atoms with Crippen LogP contribution in [0.3, 0.4) is 0 Å². The molecule has 2 N–H and O–H groups in total. The molecule has 1 aliphatic carbocycles. The van der Waals surface area contributed by atoms with Crippen molar-refractivity contribution in [2.45, 2.75) is 77.0 Å². The van der Waals surface area contributed by atoms with Crippen LogP contribution in [0.25, 0.3) is 12.2 Å². The minimum Gasteiger partial charge on any atom is -0.494 e. The number of allylic oxidation sites excluding steroid dienone is 2. The van der Waals surface area contributed by atoms with Crippen LogP contribution >= 0.6 is 0 Å². The Labute approximate surface area is 228 Å². The second kappa shape index (κ2) is 17.6. The number of ether oxygens (including phenoxy) is 2. The number of Topliss-reactive ketones (excluding diaryl/α,β-unsaturated/α-hetero) is 1. The van der Waals surface area contributed by atoms with Crippen molar-refractivity contribution in [3.8, 4) is 11.5 Å². The van der Waals surface area contributed by atoms with Crippen LogP contribution in [0.4, 0.5) is 0 Å². The van der Waals surface area contributed by atoms with Gasteiger partial charge in [0.05, 0.1) is 13.2 Å². The van der Waals surface area contributed by atoms with Gasteiger partial charge < -0.3 is 19.7 Å². The van der Waals surface area contributed by atoms with Crippen molar-refractivity contribution in [1.82, 2.24) is 0 Å². The Morgan fingerprint density at radius 1 is 0.579 bits per heavy atom. The van der Waals surface area contributed by atoms with Gasteiger partial charge >= 0.3 is 0 Å². The number of hydrogen-bond acceptors (Lipinski definition) is 5. The summed E-state index contributed by atoms with van der Waals surface area (Å²) in [6, 6.07) is 15.9. The summed E-state index contributed by atoms with van der Waals surface area (Å²) in [5, 5.41) is 17.7. The highest BCUT2D eigenvalue weighted by Gasteiger charge is 2.19. The lowest BCUT2D eigenvalue weighted by atomic mass is 9.98. The van der Waals surface area contributed by atoms with Crippen molar-refractivity contribution in [3.05, 3.63) is 70.8 Å². The van der Waals surface area contributed by atoms with Gasteiger partial charge in [0.2, 0.25) is 0 Å². The van der Waals surface area contributed by atoms with E-state index in [1.807, 2.05) is 60.7 Å². The molecule has 1 saturated carbocycles. The maximum Gasteiger partial charge on any atom is 0.185 e. The van der Waals surface area contributed by atoms with E-state index in [0.717, 1.165) is 111 Å². The van der Waals surface area contributed by atoms with Crippen molar-refractivity contribution >= 4 is 17.9 Å². The van der Waals surface area contributed by atoms with Gasteiger partial charge in [-0.2, -0.15) is 0 Å². The third-order valence-corrected chi connectivity index (χ3v) is 6.81. The first-order valence-corrected chi connectivity index (χ1v) is 14.3. The molecular formula is C33H44O5. The summed E-state index contributed by atoms with van der Waals surface area (Å²) in [5.74, 6) is 1.83. The monoisotopic (exact) mass is 520 g/mol. The molecule has 0 spiro atoms. The molecule has 0 atom stereocenters. The molecule has 1 aliphatic rings. The summed E-state index contributed by atoms with van der Waals surface area (Å²) >= 11 is 0. The van der Waals surface area contributed by atoms with Crippen LogP contribution in [-0.2, 0) is 4.79 Å². The second-order valence-electron chi connectivity index (χ2n) is 9.99. The predicted octanol–water partition coefficient (Wildman–Crippen LogP) is 7.16. The molecule has 38 heavy (non-hydrogen) atoms. The Morgan fingerprint density at radius 2 is 0.974 bits per heavy atom. The Hall–Kier alpha value is -2.89. The minimum absolute atomic E-state index is 0.147. The molecule has 5 nitrogen and oxygen atoms in total. The van der Waals surface area contributed by atoms with Crippen molar-refractivity contribution in [2.24, 2.45) is 0 Å².